The lowest BCUT2D eigenvalue weighted by atomic mass is 9.84. The highest BCUT2D eigenvalue weighted by atomic mass is 32.1. The summed E-state index contributed by atoms with van der Waals surface area (Å²) in [4.78, 5) is 30.6. The van der Waals surface area contributed by atoms with E-state index in [1.165, 1.54) is 6.92 Å². The fourth-order valence-corrected chi connectivity index (χ4v) is 4.73. The monoisotopic (exact) mass is 544 g/mol. The number of carbonyl (C=O) groups is 2. The molecule has 204 valence electrons. The second-order valence-electron chi connectivity index (χ2n) is 10.4. The van der Waals surface area contributed by atoms with Crippen LogP contribution < -0.4 is 5.32 Å². The molecule has 0 spiro atoms. The minimum Gasteiger partial charge on any atom is -0.465 e. The smallest absolute Gasteiger partial charge is 0.404 e. The van der Waals surface area contributed by atoms with Gasteiger partial charge in [0.25, 0.3) is 0 Å². The van der Waals surface area contributed by atoms with Gasteiger partial charge >= 0.3 is 6.09 Å². The van der Waals surface area contributed by atoms with E-state index >= 15 is 0 Å². The molecule has 10 heteroatoms. The van der Waals surface area contributed by atoms with Crippen molar-refractivity contribution in [2.24, 2.45) is 11.3 Å². The van der Waals surface area contributed by atoms with Crippen LogP contribution in [0.2, 0.25) is 0 Å². The molecule has 0 aliphatic carbocycles. The number of nitrogens with zero attached hydrogens (tertiary/aromatic N) is 3. The number of hydrogen-bond donors (Lipinski definition) is 3. The van der Waals surface area contributed by atoms with Crippen molar-refractivity contribution in [2.45, 2.75) is 40.3 Å². The first-order valence-electron chi connectivity index (χ1n) is 12.3. The Labute approximate surface area is 227 Å². The van der Waals surface area contributed by atoms with Crippen molar-refractivity contribution in [1.29, 1.82) is 0 Å². The van der Waals surface area contributed by atoms with Crippen molar-refractivity contribution in [3.63, 3.8) is 0 Å². The van der Waals surface area contributed by atoms with E-state index in [1.807, 2.05) is 55.7 Å². The van der Waals surface area contributed by atoms with Crippen molar-refractivity contribution < 1.29 is 23.5 Å². The maximum Gasteiger partial charge on any atom is 0.404 e. The van der Waals surface area contributed by atoms with Crippen molar-refractivity contribution >= 4 is 24.6 Å². The van der Waals surface area contributed by atoms with Crippen LogP contribution in [0.1, 0.15) is 45.1 Å². The van der Waals surface area contributed by atoms with Gasteiger partial charge in [-0.3, -0.25) is 4.79 Å². The summed E-state index contributed by atoms with van der Waals surface area (Å²) in [5, 5.41) is 11.4. The highest BCUT2D eigenvalue weighted by molar-refractivity contribution is 7.80. The summed E-state index contributed by atoms with van der Waals surface area (Å²) in [5.41, 5.74) is 0.728. The van der Waals surface area contributed by atoms with E-state index in [4.69, 9.17) is 10.1 Å². The molecule has 3 aromatic rings. The van der Waals surface area contributed by atoms with E-state index in [0.717, 1.165) is 23.8 Å². The summed E-state index contributed by atoms with van der Waals surface area (Å²) in [6.07, 6.45) is 0.526. The van der Waals surface area contributed by atoms with E-state index < -0.39 is 29.2 Å². The fraction of sp³-hybridized carbons (Fsp3) is 0.393. The molecule has 38 heavy (non-hydrogen) atoms. The maximum absolute atomic E-state index is 14.8. The highest BCUT2D eigenvalue weighted by Gasteiger charge is 2.38. The topological polar surface area (TPSA) is 87.5 Å². The van der Waals surface area contributed by atoms with Crippen LogP contribution >= 0.6 is 12.6 Å². The van der Waals surface area contributed by atoms with Crippen molar-refractivity contribution in [2.75, 3.05) is 18.8 Å². The Morgan fingerprint density at radius 1 is 1.16 bits per heavy atom. The zero-order valence-corrected chi connectivity index (χ0v) is 22.9. The van der Waals surface area contributed by atoms with Crippen LogP contribution in [0.5, 0.6) is 0 Å². The number of carbonyl (C=O) groups excluding carboxylic acids is 1. The second kappa shape index (κ2) is 12.4. The number of aromatic nitrogens is 2. The standard InChI is InChI=1S/C28H34F2N4O3S/c1-18(35)34(15-20(17-38)13-31-27(36)37)25(28(2,3)4)26-32-24(22-12-21(29)10-11-23(22)30)16-33(26)14-19-8-6-5-7-9-19/h5-12,16,20,25,31,38H,13-15,17H2,1-4H3,(H,36,37)/t20?,25-/m0/s1. The van der Waals surface area contributed by atoms with E-state index in [0.29, 0.717) is 18.1 Å². The Morgan fingerprint density at radius 2 is 1.84 bits per heavy atom. The van der Waals surface area contributed by atoms with Gasteiger partial charge in [0.15, 0.2) is 0 Å². The van der Waals surface area contributed by atoms with Crippen molar-refractivity contribution in [1.82, 2.24) is 19.8 Å². The average Bonchev–Trinajstić information content (AvgIpc) is 3.24. The Hall–Kier alpha value is -3.40. The largest absolute Gasteiger partial charge is 0.465 e. The molecule has 7 nitrogen and oxygen atoms in total. The maximum atomic E-state index is 14.8. The number of nitrogens with one attached hydrogen (secondary N) is 1. The van der Waals surface area contributed by atoms with E-state index in [1.54, 1.807) is 11.1 Å². The first-order chi connectivity index (χ1) is 17.9. The van der Waals surface area contributed by atoms with Crippen LogP contribution in [0, 0.1) is 23.0 Å². The summed E-state index contributed by atoms with van der Waals surface area (Å²) < 4.78 is 30.7. The Kier molecular flexibility index (Phi) is 9.54. The van der Waals surface area contributed by atoms with Crippen LogP contribution in [0.25, 0.3) is 11.3 Å². The van der Waals surface area contributed by atoms with Crippen LogP contribution in [-0.4, -0.2) is 50.4 Å². The molecule has 2 amide bonds. The van der Waals surface area contributed by atoms with Gasteiger partial charge in [-0.2, -0.15) is 12.6 Å². The number of carboxylic acid groups (broad SMARTS) is 1. The minimum absolute atomic E-state index is 0.0268. The summed E-state index contributed by atoms with van der Waals surface area (Å²) in [6.45, 7) is 8.13. The first kappa shape index (κ1) is 29.2. The third-order valence-corrected chi connectivity index (χ3v) is 6.76. The molecule has 0 saturated carbocycles. The lowest BCUT2D eigenvalue weighted by molar-refractivity contribution is -0.135. The van der Waals surface area contributed by atoms with E-state index in [-0.39, 0.29) is 36.2 Å². The lowest BCUT2D eigenvalue weighted by Crippen LogP contribution is -2.46. The van der Waals surface area contributed by atoms with Gasteiger partial charge in [-0.1, -0.05) is 51.1 Å². The Balaban J connectivity index is 2.15. The molecule has 1 heterocycles. The Morgan fingerprint density at radius 3 is 2.42 bits per heavy atom. The van der Waals surface area contributed by atoms with Gasteiger partial charge in [-0.15, -0.1) is 0 Å². The number of hydrogen-bond acceptors (Lipinski definition) is 4. The minimum atomic E-state index is -1.15. The fourth-order valence-electron chi connectivity index (χ4n) is 4.49. The zero-order chi connectivity index (χ0) is 28.0. The molecule has 3 rings (SSSR count). The van der Waals surface area contributed by atoms with Gasteiger partial charge in [0.05, 0.1) is 11.7 Å². The number of amides is 2. The van der Waals surface area contributed by atoms with Crippen molar-refractivity contribution in [3.05, 3.63) is 77.8 Å². The number of halogens is 2. The second-order valence-corrected chi connectivity index (χ2v) is 10.8. The predicted octanol–water partition coefficient (Wildman–Crippen LogP) is 5.63. The summed E-state index contributed by atoms with van der Waals surface area (Å²) >= 11 is 4.38. The molecular formula is C28H34F2N4O3S. The van der Waals surface area contributed by atoms with Gasteiger partial charge in [0, 0.05) is 44.2 Å². The molecule has 0 saturated heterocycles. The molecule has 0 bridgehead atoms. The number of benzene rings is 2. The van der Waals surface area contributed by atoms with Gasteiger partial charge in [-0.05, 0) is 34.9 Å². The molecule has 2 aromatic carbocycles. The van der Waals surface area contributed by atoms with Gasteiger partial charge in [-0.25, -0.2) is 18.6 Å². The summed E-state index contributed by atoms with van der Waals surface area (Å²) in [5.74, 6) is -0.812. The average molecular weight is 545 g/mol. The predicted molar refractivity (Wildman–Crippen MR) is 146 cm³/mol. The molecule has 2 atom stereocenters. The van der Waals surface area contributed by atoms with Gasteiger partial charge in [0.2, 0.25) is 5.91 Å². The summed E-state index contributed by atoms with van der Waals surface area (Å²) in [6, 6.07) is 12.3. The first-order valence-corrected chi connectivity index (χ1v) is 12.9. The molecule has 0 aliphatic rings. The van der Waals surface area contributed by atoms with E-state index in [2.05, 4.69) is 17.9 Å². The third kappa shape index (κ3) is 7.34. The van der Waals surface area contributed by atoms with E-state index in [9.17, 15) is 18.4 Å². The molecule has 1 aromatic heterocycles. The number of imidazole rings is 1. The lowest BCUT2D eigenvalue weighted by Gasteiger charge is -2.41. The van der Waals surface area contributed by atoms with Crippen LogP contribution in [0.3, 0.4) is 0 Å². The molecule has 1 unspecified atom stereocenters. The SMILES string of the molecule is CC(=O)N(CC(CS)CNC(=O)O)[C@@H](c1nc(-c2cc(F)ccc2F)cn1Cc1ccccc1)C(C)(C)C. The summed E-state index contributed by atoms with van der Waals surface area (Å²) in [7, 11) is 0. The quantitative estimate of drug-likeness (QED) is 0.289. The molecule has 0 fully saturated rings. The number of thiol groups is 1. The molecule has 0 aliphatic heterocycles. The Bertz CT molecular complexity index is 1260. The van der Waals surface area contributed by atoms with Gasteiger partial charge < -0.3 is 19.9 Å². The van der Waals surface area contributed by atoms with Crippen LogP contribution in [-0.2, 0) is 11.3 Å². The van der Waals surface area contributed by atoms with Crippen molar-refractivity contribution in [3.8, 4) is 11.3 Å². The van der Waals surface area contributed by atoms with Crippen LogP contribution in [0.4, 0.5) is 13.6 Å². The highest BCUT2D eigenvalue weighted by Crippen LogP contribution is 2.39. The van der Waals surface area contributed by atoms with Crippen LogP contribution in [0.15, 0.2) is 54.7 Å². The zero-order valence-electron chi connectivity index (χ0n) is 22.0. The third-order valence-electron chi connectivity index (χ3n) is 6.24. The number of rotatable bonds is 10. The molecule has 0 radical (unpaired) electrons. The molecule has 2 N–H and O–H groups in total. The normalized spacial score (nSPS) is 13.1. The molecular weight excluding hydrogens is 510 g/mol. The van der Waals surface area contributed by atoms with Gasteiger partial charge in [0.1, 0.15) is 17.5 Å².